The molecular formula is C25H34N6O6S. The number of carbonyl (C=O) groups excluding carboxylic acids is 1. The number of H-pyrrole nitrogens is 1. The van der Waals surface area contributed by atoms with Gasteiger partial charge in [-0.1, -0.05) is 37.6 Å². The second-order valence-corrected chi connectivity index (χ2v) is 10.5. The number of imidazole rings is 1. The zero-order valence-electron chi connectivity index (χ0n) is 21.8. The van der Waals surface area contributed by atoms with E-state index in [9.17, 15) is 23.7 Å². The molecule has 12 nitrogen and oxygen atoms in total. The van der Waals surface area contributed by atoms with Gasteiger partial charge in [-0.15, -0.1) is 0 Å². The van der Waals surface area contributed by atoms with Crippen molar-refractivity contribution >= 4 is 39.7 Å². The molecule has 3 rings (SSSR count). The third-order valence-corrected chi connectivity index (χ3v) is 6.70. The maximum atomic E-state index is 12.9. The molecule has 206 valence electrons. The predicted octanol–water partition coefficient (Wildman–Crippen LogP) is 1.87. The third-order valence-electron chi connectivity index (χ3n) is 6.04. The van der Waals surface area contributed by atoms with Crippen LogP contribution < -0.4 is 16.2 Å². The Bertz CT molecular complexity index is 1370. The van der Waals surface area contributed by atoms with Crippen molar-refractivity contribution in [1.29, 1.82) is 0 Å². The van der Waals surface area contributed by atoms with E-state index in [0.29, 0.717) is 29.8 Å². The molecule has 0 bridgehead atoms. The second-order valence-electron chi connectivity index (χ2n) is 9.07. The van der Waals surface area contributed by atoms with Gasteiger partial charge in [-0.25, -0.2) is 4.79 Å². The van der Waals surface area contributed by atoms with Crippen molar-refractivity contribution in [1.82, 2.24) is 24.4 Å². The minimum absolute atomic E-state index is 0.0916. The molecule has 38 heavy (non-hydrogen) atoms. The van der Waals surface area contributed by atoms with E-state index < -0.39 is 28.4 Å². The van der Waals surface area contributed by atoms with Gasteiger partial charge in [0.25, 0.3) is 0 Å². The highest BCUT2D eigenvalue weighted by molar-refractivity contribution is 7.85. The molecule has 2 aromatic heterocycles. The number of benzene rings is 1. The molecule has 4 N–H and O–H groups in total. The van der Waals surface area contributed by atoms with Gasteiger partial charge < -0.3 is 25.5 Å². The first kappa shape index (κ1) is 28.8. The lowest BCUT2D eigenvalue weighted by atomic mass is 9.99. The lowest BCUT2D eigenvalue weighted by Gasteiger charge is -2.23. The average molecular weight is 547 g/mol. The summed E-state index contributed by atoms with van der Waals surface area (Å²) in [5.74, 6) is -1.97. The van der Waals surface area contributed by atoms with Gasteiger partial charge >= 0.3 is 17.7 Å². The Morgan fingerprint density at radius 2 is 2.05 bits per heavy atom. The van der Waals surface area contributed by atoms with Crippen molar-refractivity contribution in [3.8, 4) is 6.01 Å². The third kappa shape index (κ3) is 7.40. The first-order chi connectivity index (χ1) is 18.1. The predicted molar refractivity (Wildman–Crippen MR) is 144 cm³/mol. The number of hydrogen-bond donors (Lipinski definition) is 3. The van der Waals surface area contributed by atoms with Crippen LogP contribution in [0, 0.1) is 0 Å². The summed E-state index contributed by atoms with van der Waals surface area (Å²) in [6.45, 7) is 4.78. The van der Waals surface area contributed by atoms with Crippen LogP contribution in [0.3, 0.4) is 0 Å². The maximum Gasteiger partial charge on any atom is 0.327 e. The van der Waals surface area contributed by atoms with E-state index in [0.717, 1.165) is 18.4 Å². The van der Waals surface area contributed by atoms with Crippen molar-refractivity contribution in [2.75, 3.05) is 30.9 Å². The molecule has 0 fully saturated rings. The number of hydrogen-bond acceptors (Lipinski definition) is 8. The van der Waals surface area contributed by atoms with E-state index in [1.165, 1.54) is 10.8 Å². The minimum atomic E-state index is -1.33. The molecule has 2 atom stereocenters. The first-order valence-electron chi connectivity index (χ1n) is 12.4. The number of nitrogens with two attached hydrogens (primary N) is 1. The number of fused-ring (bicyclic) bond motifs is 1. The van der Waals surface area contributed by atoms with Gasteiger partial charge in [0.1, 0.15) is 11.3 Å². The molecular weight excluding hydrogens is 512 g/mol. The number of aromatic nitrogens is 4. The molecule has 0 spiro atoms. The maximum absolute atomic E-state index is 12.9. The topological polar surface area (TPSA) is 174 Å². The van der Waals surface area contributed by atoms with E-state index in [2.05, 4.69) is 15.0 Å². The summed E-state index contributed by atoms with van der Waals surface area (Å²) in [6.07, 6.45) is 3.62. The lowest BCUT2D eigenvalue weighted by Crippen LogP contribution is -2.35. The fourth-order valence-corrected chi connectivity index (χ4v) is 4.44. The van der Waals surface area contributed by atoms with Crippen molar-refractivity contribution in [3.05, 3.63) is 45.9 Å². The Kier molecular flexibility index (Phi) is 9.99. The van der Waals surface area contributed by atoms with Crippen LogP contribution in [0.1, 0.15) is 50.2 Å². The number of aryl methyl sites for hydroxylation is 1. The summed E-state index contributed by atoms with van der Waals surface area (Å²) in [6, 6.07) is 7.14. The summed E-state index contributed by atoms with van der Waals surface area (Å²) in [7, 11) is -1.33. The van der Waals surface area contributed by atoms with Gasteiger partial charge in [-0.3, -0.25) is 18.4 Å². The molecule has 0 saturated heterocycles. The fourth-order valence-electron chi connectivity index (χ4n) is 3.91. The number of unbranched alkanes of at least 4 members (excludes halogenated alkanes) is 1. The lowest BCUT2D eigenvalue weighted by molar-refractivity contribution is -0.138. The molecule has 2 unspecified atom stereocenters. The van der Waals surface area contributed by atoms with Crippen LogP contribution in [0.15, 0.2) is 29.1 Å². The van der Waals surface area contributed by atoms with Gasteiger partial charge in [0, 0.05) is 36.7 Å². The number of nitrogens with zero attached hydrogens (tertiary/aromatic N) is 4. The number of anilines is 1. The van der Waals surface area contributed by atoms with Gasteiger partial charge in [0.15, 0.2) is 11.5 Å². The number of carboxylic acids is 1. The van der Waals surface area contributed by atoms with E-state index in [-0.39, 0.29) is 43.1 Å². The largest absolute Gasteiger partial charge is 0.481 e. The summed E-state index contributed by atoms with van der Waals surface area (Å²) in [4.78, 5) is 49.6. The molecule has 1 amide bonds. The van der Waals surface area contributed by atoms with Crippen molar-refractivity contribution in [2.24, 2.45) is 0 Å². The number of aromatic amines is 1. The quantitative estimate of drug-likeness (QED) is 0.255. The van der Waals surface area contributed by atoms with Gasteiger partial charge in [-0.05, 0) is 30.9 Å². The second kappa shape index (κ2) is 13.2. The van der Waals surface area contributed by atoms with Crippen molar-refractivity contribution in [2.45, 2.75) is 52.1 Å². The Labute approximate surface area is 222 Å². The summed E-state index contributed by atoms with van der Waals surface area (Å²) < 4.78 is 18.7. The highest BCUT2D eigenvalue weighted by atomic mass is 32.2. The minimum Gasteiger partial charge on any atom is -0.481 e. The highest BCUT2D eigenvalue weighted by Gasteiger charge is 2.19. The molecule has 0 radical (unpaired) electrons. The fraction of sp³-hybridized carbons (Fsp3) is 0.480. The first-order valence-corrected chi connectivity index (χ1v) is 14.1. The average Bonchev–Trinajstić information content (AvgIpc) is 3.18. The molecule has 0 aliphatic heterocycles. The molecule has 0 aliphatic rings. The van der Waals surface area contributed by atoms with Gasteiger partial charge in [-0.2, -0.15) is 9.97 Å². The monoisotopic (exact) mass is 546 g/mol. The summed E-state index contributed by atoms with van der Waals surface area (Å²) >= 11 is 0. The number of nitrogen functional groups attached to an aromatic ring is 1. The molecule has 3 aromatic rings. The van der Waals surface area contributed by atoms with Gasteiger partial charge in [0.2, 0.25) is 5.91 Å². The van der Waals surface area contributed by atoms with Crippen molar-refractivity contribution in [3.63, 3.8) is 0 Å². The molecule has 1 aromatic carbocycles. The number of nitrogens with one attached hydrogen (secondary N) is 1. The standard InChI is InChI=1S/C25H34N6O6S/c1-4-5-12-37-24-28-21(26)20-22(29-24)31(25(35)27-20)11-7-10-30(19(32)15-38(3)36)14-17-8-6-9-18(13-17)16(2)23(33)34/h6,8-9,13,16H,4-5,7,10-12,14-15H2,1-3H3,(H,27,35)(H,33,34)(H2,26,28,29). The van der Waals surface area contributed by atoms with Crippen LogP contribution in [0.4, 0.5) is 5.82 Å². The summed E-state index contributed by atoms with van der Waals surface area (Å²) in [5.41, 5.74) is 7.62. The van der Waals surface area contributed by atoms with Crippen LogP contribution in [0.2, 0.25) is 0 Å². The Morgan fingerprint density at radius 3 is 2.74 bits per heavy atom. The van der Waals surface area contributed by atoms with E-state index in [1.54, 1.807) is 30.0 Å². The Morgan fingerprint density at radius 1 is 1.29 bits per heavy atom. The molecule has 0 aliphatic carbocycles. The van der Waals surface area contributed by atoms with Crippen LogP contribution in [0.5, 0.6) is 6.01 Å². The number of carboxylic acid groups (broad SMARTS) is 1. The normalized spacial score (nSPS) is 12.8. The number of ether oxygens (including phenoxy) is 1. The zero-order valence-corrected chi connectivity index (χ0v) is 22.6. The molecule has 2 heterocycles. The van der Waals surface area contributed by atoms with E-state index in [1.807, 2.05) is 13.0 Å². The van der Waals surface area contributed by atoms with Gasteiger partial charge in [0.05, 0.1) is 12.5 Å². The highest BCUT2D eigenvalue weighted by Crippen LogP contribution is 2.20. The van der Waals surface area contributed by atoms with Crippen LogP contribution in [-0.2, 0) is 33.5 Å². The Hall–Kier alpha value is -3.74. The number of amides is 1. The van der Waals surface area contributed by atoms with E-state index >= 15 is 0 Å². The molecule has 0 saturated carbocycles. The van der Waals surface area contributed by atoms with Crippen molar-refractivity contribution < 1.29 is 23.6 Å². The Balaban J connectivity index is 1.78. The van der Waals surface area contributed by atoms with Crippen LogP contribution >= 0.6 is 0 Å². The SMILES string of the molecule is CCCCOc1nc(N)c2[nH]c(=O)n(CCCN(Cc3cccc(C(C)C(=O)O)c3)C(=O)CS(C)=O)c2n1. The summed E-state index contributed by atoms with van der Waals surface area (Å²) in [5, 5.41) is 9.33. The number of carbonyl (C=O) groups is 2. The van der Waals surface area contributed by atoms with E-state index in [4.69, 9.17) is 10.5 Å². The zero-order chi connectivity index (χ0) is 27.8. The number of aliphatic carboxylic acids is 1. The smallest absolute Gasteiger partial charge is 0.327 e. The van der Waals surface area contributed by atoms with Crippen LogP contribution in [-0.4, -0.2) is 70.8 Å². The number of rotatable bonds is 14. The van der Waals surface area contributed by atoms with Crippen LogP contribution in [0.25, 0.3) is 11.2 Å². The molecule has 13 heteroatoms.